The third kappa shape index (κ3) is 4.11. The summed E-state index contributed by atoms with van der Waals surface area (Å²) < 4.78 is 0. The summed E-state index contributed by atoms with van der Waals surface area (Å²) in [6, 6.07) is 8.62. The van der Waals surface area contributed by atoms with Crippen molar-refractivity contribution in [3.63, 3.8) is 0 Å². The van der Waals surface area contributed by atoms with Gasteiger partial charge in [-0.1, -0.05) is 18.6 Å². The van der Waals surface area contributed by atoms with Gasteiger partial charge in [-0.05, 0) is 63.4 Å². The number of rotatable bonds is 4. The average Bonchev–Trinajstić information content (AvgIpc) is 3.00. The first-order valence-corrected chi connectivity index (χ1v) is 10.9. The van der Waals surface area contributed by atoms with Gasteiger partial charge in [0.2, 0.25) is 0 Å². The van der Waals surface area contributed by atoms with Gasteiger partial charge in [-0.25, -0.2) is 4.98 Å². The van der Waals surface area contributed by atoms with Crippen LogP contribution in [0, 0.1) is 13.8 Å². The Morgan fingerprint density at radius 2 is 2.17 bits per heavy atom. The number of anilines is 1. The standard InChI is InChI=1S/C22H26N4O2S/c1-13-7-4-5-10-26(13)12-16-8-6-9-17(11-16)25-21(28)19-14(2)18-20(27)23-15(3)24-22(18)29-19/h6,8-9,11,13H,4-5,7,10,12H2,1-3H3,(H,25,28)(H,23,24,27). The minimum atomic E-state index is -0.203. The second-order valence-corrected chi connectivity index (χ2v) is 8.86. The summed E-state index contributed by atoms with van der Waals surface area (Å²) in [7, 11) is 0. The third-order valence-electron chi connectivity index (χ3n) is 5.64. The molecular formula is C22H26N4O2S. The number of amides is 1. The van der Waals surface area contributed by atoms with E-state index in [1.54, 1.807) is 13.8 Å². The number of fused-ring (bicyclic) bond motifs is 1. The van der Waals surface area contributed by atoms with Gasteiger partial charge in [0.15, 0.2) is 0 Å². The van der Waals surface area contributed by atoms with Gasteiger partial charge in [0, 0.05) is 18.3 Å². The quantitative estimate of drug-likeness (QED) is 0.675. The van der Waals surface area contributed by atoms with Crippen molar-refractivity contribution in [1.82, 2.24) is 14.9 Å². The summed E-state index contributed by atoms with van der Waals surface area (Å²) >= 11 is 1.26. The van der Waals surface area contributed by atoms with E-state index in [2.05, 4.69) is 33.2 Å². The first-order chi connectivity index (χ1) is 13.9. The van der Waals surface area contributed by atoms with Crippen molar-refractivity contribution in [3.8, 4) is 0 Å². The lowest BCUT2D eigenvalue weighted by Crippen LogP contribution is -2.36. The Bertz CT molecular complexity index is 1120. The average molecular weight is 411 g/mol. The molecule has 7 heteroatoms. The van der Waals surface area contributed by atoms with E-state index in [-0.39, 0.29) is 11.5 Å². The molecule has 0 bridgehead atoms. The predicted molar refractivity (Wildman–Crippen MR) is 118 cm³/mol. The Labute approximate surface area is 174 Å². The molecule has 0 radical (unpaired) electrons. The number of nitrogens with one attached hydrogen (secondary N) is 2. The number of nitrogens with zero attached hydrogens (tertiary/aromatic N) is 2. The maximum Gasteiger partial charge on any atom is 0.266 e. The summed E-state index contributed by atoms with van der Waals surface area (Å²) in [4.78, 5) is 35.9. The number of benzene rings is 1. The van der Waals surface area contributed by atoms with E-state index in [0.717, 1.165) is 18.8 Å². The highest BCUT2D eigenvalue weighted by Crippen LogP contribution is 2.28. The molecule has 0 spiro atoms. The van der Waals surface area contributed by atoms with Crippen molar-refractivity contribution >= 4 is 33.1 Å². The fraction of sp³-hybridized carbons (Fsp3) is 0.409. The number of piperidine rings is 1. The molecular weight excluding hydrogens is 384 g/mol. The Kier molecular flexibility index (Phi) is 5.52. The number of hydrogen-bond acceptors (Lipinski definition) is 5. The molecule has 2 N–H and O–H groups in total. The predicted octanol–water partition coefficient (Wildman–Crippen LogP) is 4.23. The normalized spacial score (nSPS) is 17.6. The first kappa shape index (κ1) is 19.8. The lowest BCUT2D eigenvalue weighted by atomic mass is 10.0. The molecule has 3 aromatic rings. The highest BCUT2D eigenvalue weighted by Gasteiger charge is 2.20. The van der Waals surface area contributed by atoms with Crippen LogP contribution in [-0.2, 0) is 6.54 Å². The summed E-state index contributed by atoms with van der Waals surface area (Å²) in [5, 5.41) is 3.49. The van der Waals surface area contributed by atoms with E-state index in [1.807, 2.05) is 18.2 Å². The Hall–Kier alpha value is -2.51. The minimum absolute atomic E-state index is 0.196. The van der Waals surface area contributed by atoms with Crippen LogP contribution >= 0.6 is 11.3 Å². The third-order valence-corrected chi connectivity index (χ3v) is 6.82. The van der Waals surface area contributed by atoms with Gasteiger partial charge in [0.1, 0.15) is 10.7 Å². The molecule has 0 saturated carbocycles. The number of aryl methyl sites for hydroxylation is 2. The van der Waals surface area contributed by atoms with E-state index >= 15 is 0 Å². The van der Waals surface area contributed by atoms with Crippen LogP contribution < -0.4 is 10.9 Å². The zero-order valence-electron chi connectivity index (χ0n) is 17.0. The summed E-state index contributed by atoms with van der Waals surface area (Å²) in [6.45, 7) is 7.84. The molecule has 1 unspecified atom stereocenters. The summed E-state index contributed by atoms with van der Waals surface area (Å²) in [5.74, 6) is 0.349. The molecule has 152 valence electrons. The minimum Gasteiger partial charge on any atom is -0.321 e. The van der Waals surface area contributed by atoms with Gasteiger partial charge in [0.25, 0.3) is 11.5 Å². The lowest BCUT2D eigenvalue weighted by molar-refractivity contribution is 0.103. The van der Waals surface area contributed by atoms with Crippen LogP contribution in [0.3, 0.4) is 0 Å². The van der Waals surface area contributed by atoms with Gasteiger partial charge < -0.3 is 10.3 Å². The van der Waals surface area contributed by atoms with Gasteiger partial charge in [-0.15, -0.1) is 11.3 Å². The van der Waals surface area contributed by atoms with E-state index in [0.29, 0.717) is 32.5 Å². The molecule has 29 heavy (non-hydrogen) atoms. The number of aromatic amines is 1. The van der Waals surface area contributed by atoms with Crippen LogP contribution in [0.1, 0.15) is 52.8 Å². The van der Waals surface area contributed by atoms with Gasteiger partial charge in [-0.3, -0.25) is 14.5 Å². The highest BCUT2D eigenvalue weighted by atomic mass is 32.1. The molecule has 6 nitrogen and oxygen atoms in total. The fourth-order valence-electron chi connectivity index (χ4n) is 4.03. The zero-order chi connectivity index (χ0) is 20.5. The Morgan fingerprint density at radius 3 is 2.97 bits per heavy atom. The first-order valence-electron chi connectivity index (χ1n) is 10.1. The van der Waals surface area contributed by atoms with Gasteiger partial charge in [-0.2, -0.15) is 0 Å². The number of hydrogen-bond donors (Lipinski definition) is 2. The van der Waals surface area contributed by atoms with Crippen LogP contribution in [0.2, 0.25) is 0 Å². The number of carbonyl (C=O) groups excluding carboxylic acids is 1. The van der Waals surface area contributed by atoms with Crippen LogP contribution in [0.4, 0.5) is 5.69 Å². The van der Waals surface area contributed by atoms with Crippen molar-refractivity contribution in [2.75, 3.05) is 11.9 Å². The SMILES string of the molecule is Cc1nc2sc(C(=O)Nc3cccc(CN4CCCCC4C)c3)c(C)c2c(=O)[nH]1. The molecule has 1 atom stereocenters. The molecule has 1 saturated heterocycles. The zero-order valence-corrected chi connectivity index (χ0v) is 17.9. The maximum atomic E-state index is 12.9. The second kappa shape index (κ2) is 8.08. The van der Waals surface area contributed by atoms with Crippen molar-refractivity contribution in [3.05, 3.63) is 56.4 Å². The van der Waals surface area contributed by atoms with Gasteiger partial charge in [0.05, 0.1) is 10.3 Å². The van der Waals surface area contributed by atoms with E-state index < -0.39 is 0 Å². The van der Waals surface area contributed by atoms with E-state index in [1.165, 1.54) is 36.2 Å². The molecule has 1 amide bonds. The Morgan fingerprint density at radius 1 is 1.34 bits per heavy atom. The Balaban J connectivity index is 1.54. The second-order valence-electron chi connectivity index (χ2n) is 7.86. The lowest BCUT2D eigenvalue weighted by Gasteiger charge is -2.33. The van der Waals surface area contributed by atoms with Crippen molar-refractivity contribution in [1.29, 1.82) is 0 Å². The van der Waals surface area contributed by atoms with Crippen molar-refractivity contribution in [2.45, 2.75) is 52.6 Å². The monoisotopic (exact) mass is 410 g/mol. The number of aromatic nitrogens is 2. The van der Waals surface area contributed by atoms with Crippen LogP contribution in [0.5, 0.6) is 0 Å². The maximum absolute atomic E-state index is 12.9. The molecule has 0 aliphatic carbocycles. The van der Waals surface area contributed by atoms with Crippen molar-refractivity contribution in [2.24, 2.45) is 0 Å². The summed E-state index contributed by atoms with van der Waals surface area (Å²) in [6.07, 6.45) is 3.80. The number of likely N-dealkylation sites (tertiary alicyclic amines) is 1. The topological polar surface area (TPSA) is 78.1 Å². The fourth-order valence-corrected chi connectivity index (χ4v) is 5.15. The largest absolute Gasteiger partial charge is 0.321 e. The molecule has 4 rings (SSSR count). The molecule has 1 aromatic carbocycles. The summed E-state index contributed by atoms with van der Waals surface area (Å²) in [5.41, 5.74) is 2.44. The molecule has 3 heterocycles. The smallest absolute Gasteiger partial charge is 0.266 e. The van der Waals surface area contributed by atoms with Crippen molar-refractivity contribution < 1.29 is 4.79 Å². The number of carbonyl (C=O) groups is 1. The van der Waals surface area contributed by atoms with Crippen LogP contribution in [-0.4, -0.2) is 33.4 Å². The van der Waals surface area contributed by atoms with E-state index in [9.17, 15) is 9.59 Å². The molecule has 1 aliphatic heterocycles. The number of H-pyrrole nitrogens is 1. The highest BCUT2D eigenvalue weighted by molar-refractivity contribution is 7.20. The van der Waals surface area contributed by atoms with E-state index in [4.69, 9.17) is 0 Å². The molecule has 1 fully saturated rings. The molecule has 2 aromatic heterocycles. The van der Waals surface area contributed by atoms with Crippen LogP contribution in [0.15, 0.2) is 29.1 Å². The number of thiophene rings is 1. The van der Waals surface area contributed by atoms with Crippen LogP contribution in [0.25, 0.3) is 10.2 Å². The van der Waals surface area contributed by atoms with Gasteiger partial charge >= 0.3 is 0 Å². The molecule has 1 aliphatic rings.